The molecule has 12 heteroatoms. The number of carbonyl (C=O) groups is 2. The Morgan fingerprint density at radius 2 is 1.90 bits per heavy atom. The fourth-order valence-corrected chi connectivity index (χ4v) is 2.92. The van der Waals surface area contributed by atoms with Crippen molar-refractivity contribution < 1.29 is 32.2 Å². The number of rotatable bonds is 5. The number of nitrogens with zero attached hydrogens (tertiary/aromatic N) is 4. The molecule has 0 aliphatic carbocycles. The number of fused-ring (bicyclic) bond motifs is 1. The minimum Gasteiger partial charge on any atom is -0.454 e. The number of anilines is 1. The van der Waals surface area contributed by atoms with E-state index in [2.05, 4.69) is 20.7 Å². The Balaban J connectivity index is 1.50. The number of amides is 1. The Hall–Kier alpha value is -3.96. The molecule has 0 spiro atoms. The molecule has 0 atom stereocenters. The lowest BCUT2D eigenvalue weighted by Crippen LogP contribution is -2.21. The summed E-state index contributed by atoms with van der Waals surface area (Å²) >= 11 is 0. The standard InChI is InChI=1S/C19H14F3N5O4/c1-10(28)13-6-15-16(31-9-30-15)7-14(13)23-17(29)8-27-25-18(24-26-27)11-3-2-4-12(5-11)19(20,21)22/h2-7H,8-9H2,1H3,(H,23,29). The zero-order chi connectivity index (χ0) is 22.2. The van der Waals surface area contributed by atoms with E-state index < -0.39 is 17.6 Å². The van der Waals surface area contributed by atoms with E-state index in [1.54, 1.807) is 0 Å². The van der Waals surface area contributed by atoms with Crippen LogP contribution in [0.5, 0.6) is 11.5 Å². The third-order valence-corrected chi connectivity index (χ3v) is 4.35. The molecule has 0 bridgehead atoms. The van der Waals surface area contributed by atoms with Crippen molar-refractivity contribution in [2.24, 2.45) is 0 Å². The van der Waals surface area contributed by atoms with E-state index in [4.69, 9.17) is 9.47 Å². The van der Waals surface area contributed by atoms with Gasteiger partial charge in [0.1, 0.15) is 6.54 Å². The van der Waals surface area contributed by atoms with Crippen LogP contribution in [-0.2, 0) is 17.5 Å². The average Bonchev–Trinajstić information content (AvgIpc) is 3.35. The summed E-state index contributed by atoms with van der Waals surface area (Å²) in [6, 6.07) is 7.41. The van der Waals surface area contributed by atoms with Gasteiger partial charge in [0, 0.05) is 17.2 Å². The van der Waals surface area contributed by atoms with E-state index >= 15 is 0 Å². The number of halogens is 3. The monoisotopic (exact) mass is 433 g/mol. The van der Waals surface area contributed by atoms with Crippen molar-refractivity contribution in [3.8, 4) is 22.9 Å². The van der Waals surface area contributed by atoms with Crippen LogP contribution in [0.15, 0.2) is 36.4 Å². The van der Waals surface area contributed by atoms with Gasteiger partial charge in [-0.1, -0.05) is 12.1 Å². The molecule has 3 aromatic rings. The number of ether oxygens (including phenoxy) is 2. The summed E-state index contributed by atoms with van der Waals surface area (Å²) in [5.41, 5.74) is -0.288. The van der Waals surface area contributed by atoms with E-state index in [0.717, 1.165) is 16.9 Å². The molecule has 9 nitrogen and oxygen atoms in total. The first-order valence-corrected chi connectivity index (χ1v) is 8.90. The number of carbonyl (C=O) groups excluding carboxylic acids is 2. The summed E-state index contributed by atoms with van der Waals surface area (Å²) in [6.07, 6.45) is -4.51. The maximum absolute atomic E-state index is 12.9. The molecule has 1 aromatic heterocycles. The summed E-state index contributed by atoms with van der Waals surface area (Å²) in [7, 11) is 0. The Morgan fingerprint density at radius 3 is 2.61 bits per heavy atom. The van der Waals surface area contributed by atoms with Gasteiger partial charge in [-0.15, -0.1) is 10.2 Å². The van der Waals surface area contributed by atoms with Gasteiger partial charge >= 0.3 is 6.18 Å². The van der Waals surface area contributed by atoms with Crippen LogP contribution in [0.4, 0.5) is 18.9 Å². The summed E-state index contributed by atoms with van der Waals surface area (Å²) in [4.78, 5) is 25.2. The number of hydrogen-bond donors (Lipinski definition) is 1. The third-order valence-electron chi connectivity index (χ3n) is 4.35. The lowest BCUT2D eigenvalue weighted by Gasteiger charge is -2.10. The first kappa shape index (κ1) is 20.3. The fraction of sp³-hybridized carbons (Fsp3) is 0.211. The minimum absolute atomic E-state index is 0.00523. The molecule has 2 aromatic carbocycles. The number of alkyl halides is 3. The number of ketones is 1. The first-order valence-electron chi connectivity index (χ1n) is 8.90. The van der Waals surface area contributed by atoms with Gasteiger partial charge < -0.3 is 14.8 Å². The first-order chi connectivity index (χ1) is 14.7. The largest absolute Gasteiger partial charge is 0.454 e. The van der Waals surface area contributed by atoms with Crippen molar-refractivity contribution in [2.75, 3.05) is 12.1 Å². The maximum Gasteiger partial charge on any atom is 0.416 e. The Morgan fingerprint density at radius 1 is 1.16 bits per heavy atom. The molecule has 160 valence electrons. The van der Waals surface area contributed by atoms with E-state index in [1.165, 1.54) is 31.2 Å². The molecule has 1 aliphatic rings. The van der Waals surface area contributed by atoms with Crippen LogP contribution in [0, 0.1) is 0 Å². The summed E-state index contributed by atoms with van der Waals surface area (Å²) in [6.45, 7) is 0.969. The van der Waals surface area contributed by atoms with Gasteiger partial charge in [-0.25, -0.2) is 0 Å². The molecule has 4 rings (SSSR count). The number of hydrogen-bond acceptors (Lipinski definition) is 7. The quantitative estimate of drug-likeness (QED) is 0.617. The molecule has 0 unspecified atom stereocenters. The van der Waals surface area contributed by atoms with Crippen LogP contribution < -0.4 is 14.8 Å². The smallest absolute Gasteiger partial charge is 0.416 e. The van der Waals surface area contributed by atoms with Gasteiger partial charge in [0.25, 0.3) is 0 Å². The fourth-order valence-electron chi connectivity index (χ4n) is 2.92. The van der Waals surface area contributed by atoms with Crippen LogP contribution in [0.1, 0.15) is 22.8 Å². The predicted octanol–water partition coefficient (Wildman–Crippen LogP) is 2.93. The zero-order valence-electron chi connectivity index (χ0n) is 15.9. The highest BCUT2D eigenvalue weighted by atomic mass is 19.4. The van der Waals surface area contributed by atoms with Crippen molar-refractivity contribution >= 4 is 17.4 Å². The molecule has 1 aliphatic heterocycles. The summed E-state index contributed by atoms with van der Waals surface area (Å²) in [5, 5.41) is 13.9. The van der Waals surface area contributed by atoms with Crippen molar-refractivity contribution in [1.82, 2.24) is 20.2 Å². The highest BCUT2D eigenvalue weighted by Crippen LogP contribution is 2.37. The maximum atomic E-state index is 12.9. The molecule has 31 heavy (non-hydrogen) atoms. The number of benzene rings is 2. The van der Waals surface area contributed by atoms with Gasteiger partial charge in [-0.05, 0) is 30.3 Å². The molecular weight excluding hydrogens is 419 g/mol. The highest BCUT2D eigenvalue weighted by molar-refractivity contribution is 6.04. The van der Waals surface area contributed by atoms with Gasteiger partial charge in [-0.2, -0.15) is 18.0 Å². The van der Waals surface area contributed by atoms with Gasteiger partial charge in [0.2, 0.25) is 18.5 Å². The highest BCUT2D eigenvalue weighted by Gasteiger charge is 2.30. The molecule has 1 N–H and O–H groups in total. The van der Waals surface area contributed by atoms with E-state index in [1.807, 2.05) is 0 Å². The Labute approximate surface area is 172 Å². The molecule has 0 radical (unpaired) electrons. The molecule has 2 heterocycles. The number of aromatic nitrogens is 4. The molecule has 0 saturated carbocycles. The van der Waals surface area contributed by atoms with Crippen molar-refractivity contribution in [3.63, 3.8) is 0 Å². The Kier molecular flexibility index (Phi) is 5.05. The average molecular weight is 433 g/mol. The second kappa shape index (κ2) is 7.70. The second-order valence-corrected chi connectivity index (χ2v) is 6.58. The van der Waals surface area contributed by atoms with E-state index in [0.29, 0.717) is 11.5 Å². The number of Topliss-reactive ketones (excluding diaryl/α,β-unsaturated/α-hetero) is 1. The van der Waals surface area contributed by atoms with Crippen LogP contribution in [0.3, 0.4) is 0 Å². The lowest BCUT2D eigenvalue weighted by atomic mass is 10.1. The Bertz CT molecular complexity index is 1180. The molecular formula is C19H14F3N5O4. The van der Waals surface area contributed by atoms with Crippen molar-refractivity contribution in [1.29, 1.82) is 0 Å². The molecule has 0 saturated heterocycles. The lowest BCUT2D eigenvalue weighted by molar-refractivity contribution is -0.137. The van der Waals surface area contributed by atoms with Crippen LogP contribution >= 0.6 is 0 Å². The zero-order valence-corrected chi connectivity index (χ0v) is 15.9. The van der Waals surface area contributed by atoms with E-state index in [-0.39, 0.29) is 41.8 Å². The van der Waals surface area contributed by atoms with Gasteiger partial charge in [0.05, 0.1) is 11.3 Å². The second-order valence-electron chi connectivity index (χ2n) is 6.58. The van der Waals surface area contributed by atoms with E-state index in [9.17, 15) is 22.8 Å². The third kappa shape index (κ3) is 4.32. The number of tetrazole rings is 1. The van der Waals surface area contributed by atoms with Crippen LogP contribution in [0.2, 0.25) is 0 Å². The number of nitrogens with one attached hydrogen (secondary N) is 1. The molecule has 1 amide bonds. The summed E-state index contributed by atoms with van der Waals surface area (Å²) < 4.78 is 49.1. The van der Waals surface area contributed by atoms with Crippen molar-refractivity contribution in [3.05, 3.63) is 47.5 Å². The minimum atomic E-state index is -4.51. The van der Waals surface area contributed by atoms with Crippen LogP contribution in [0.25, 0.3) is 11.4 Å². The van der Waals surface area contributed by atoms with Crippen molar-refractivity contribution in [2.45, 2.75) is 19.6 Å². The predicted molar refractivity (Wildman–Crippen MR) is 99.5 cm³/mol. The summed E-state index contributed by atoms with van der Waals surface area (Å²) in [5.74, 6) is -0.155. The topological polar surface area (TPSA) is 108 Å². The van der Waals surface area contributed by atoms with Gasteiger partial charge in [-0.3, -0.25) is 9.59 Å². The normalized spacial score (nSPS) is 12.6. The van der Waals surface area contributed by atoms with Gasteiger partial charge in [0.15, 0.2) is 17.3 Å². The van der Waals surface area contributed by atoms with Crippen LogP contribution in [-0.4, -0.2) is 38.7 Å². The SMILES string of the molecule is CC(=O)c1cc2c(cc1NC(=O)Cn1nnc(-c3cccc(C(F)(F)F)c3)n1)OCO2. The molecule has 0 fully saturated rings.